The standard InChI is InChI=1S/C12H16N2O/c1-7-8(2)14-11-4-9(6-13)12(15-3)5-10(7)11/h4-5,14H,6,13H2,1-3H3. The van der Waals surface area contributed by atoms with Gasteiger partial charge in [-0.25, -0.2) is 0 Å². The topological polar surface area (TPSA) is 51.0 Å². The predicted molar refractivity (Wildman–Crippen MR) is 62.2 cm³/mol. The number of H-pyrrole nitrogens is 1. The fraction of sp³-hybridized carbons (Fsp3) is 0.333. The Morgan fingerprint density at radius 2 is 2.07 bits per heavy atom. The van der Waals surface area contributed by atoms with E-state index in [0.717, 1.165) is 16.8 Å². The van der Waals surface area contributed by atoms with E-state index in [0.29, 0.717) is 6.54 Å². The SMILES string of the molecule is COc1cc2c(C)c(C)[nH]c2cc1CN. The second-order valence-corrected chi connectivity index (χ2v) is 3.79. The van der Waals surface area contributed by atoms with E-state index < -0.39 is 0 Å². The maximum Gasteiger partial charge on any atom is 0.124 e. The summed E-state index contributed by atoms with van der Waals surface area (Å²) in [5, 5.41) is 1.21. The minimum absolute atomic E-state index is 0.496. The van der Waals surface area contributed by atoms with Crippen LogP contribution in [0.25, 0.3) is 10.9 Å². The number of nitrogens with one attached hydrogen (secondary N) is 1. The van der Waals surface area contributed by atoms with E-state index in [1.165, 1.54) is 16.6 Å². The molecule has 0 aliphatic heterocycles. The number of methoxy groups -OCH3 is 1. The first-order chi connectivity index (χ1) is 7.17. The fourth-order valence-corrected chi connectivity index (χ4v) is 1.89. The van der Waals surface area contributed by atoms with Crippen LogP contribution in [0.4, 0.5) is 0 Å². The Kier molecular flexibility index (Phi) is 2.40. The Balaban J connectivity index is 2.75. The largest absolute Gasteiger partial charge is 0.496 e. The molecule has 0 saturated carbocycles. The average Bonchev–Trinajstić information content (AvgIpc) is 2.53. The normalized spacial score (nSPS) is 10.9. The number of ether oxygens (including phenoxy) is 1. The van der Waals surface area contributed by atoms with Crippen LogP contribution >= 0.6 is 0 Å². The first-order valence-electron chi connectivity index (χ1n) is 5.03. The zero-order valence-corrected chi connectivity index (χ0v) is 9.35. The number of aromatic nitrogens is 1. The van der Waals surface area contributed by atoms with Crippen LogP contribution in [0.1, 0.15) is 16.8 Å². The van der Waals surface area contributed by atoms with Gasteiger partial charge in [-0.1, -0.05) is 0 Å². The third kappa shape index (κ3) is 1.49. The predicted octanol–water partition coefficient (Wildman–Crippen LogP) is 2.25. The lowest BCUT2D eigenvalue weighted by atomic mass is 10.1. The molecule has 1 aromatic carbocycles. The molecule has 0 amide bonds. The summed E-state index contributed by atoms with van der Waals surface area (Å²) in [6.07, 6.45) is 0. The quantitative estimate of drug-likeness (QED) is 0.788. The Labute approximate surface area is 89.2 Å². The second-order valence-electron chi connectivity index (χ2n) is 3.79. The lowest BCUT2D eigenvalue weighted by molar-refractivity contribution is 0.410. The van der Waals surface area contributed by atoms with Crippen LogP contribution in [0.3, 0.4) is 0 Å². The molecule has 0 saturated heterocycles. The highest BCUT2D eigenvalue weighted by Crippen LogP contribution is 2.28. The van der Waals surface area contributed by atoms with Crippen LogP contribution in [0.5, 0.6) is 5.75 Å². The Hall–Kier alpha value is -1.48. The van der Waals surface area contributed by atoms with Crippen molar-refractivity contribution in [2.45, 2.75) is 20.4 Å². The van der Waals surface area contributed by atoms with Crippen LogP contribution in [-0.4, -0.2) is 12.1 Å². The van der Waals surface area contributed by atoms with Gasteiger partial charge in [-0.15, -0.1) is 0 Å². The zero-order chi connectivity index (χ0) is 11.0. The van der Waals surface area contributed by atoms with Crippen LogP contribution in [0, 0.1) is 13.8 Å². The first-order valence-corrected chi connectivity index (χ1v) is 5.03. The molecular formula is C12H16N2O. The smallest absolute Gasteiger partial charge is 0.124 e. The summed E-state index contributed by atoms with van der Waals surface area (Å²) in [6, 6.07) is 4.12. The lowest BCUT2D eigenvalue weighted by Gasteiger charge is -2.06. The first kappa shape index (κ1) is 10.1. The van der Waals surface area contributed by atoms with E-state index in [4.69, 9.17) is 10.5 Å². The van der Waals surface area contributed by atoms with Gasteiger partial charge in [0.25, 0.3) is 0 Å². The Bertz CT molecular complexity index is 500. The summed E-state index contributed by atoms with van der Waals surface area (Å²) in [5.74, 6) is 0.868. The van der Waals surface area contributed by atoms with Crippen LogP contribution in [-0.2, 0) is 6.54 Å². The maximum absolute atomic E-state index is 5.67. The highest BCUT2D eigenvalue weighted by atomic mass is 16.5. The minimum Gasteiger partial charge on any atom is -0.496 e. The summed E-state index contributed by atoms with van der Waals surface area (Å²) in [4.78, 5) is 3.34. The van der Waals surface area contributed by atoms with Crippen molar-refractivity contribution in [1.82, 2.24) is 4.98 Å². The highest BCUT2D eigenvalue weighted by molar-refractivity contribution is 5.86. The van der Waals surface area contributed by atoms with Gasteiger partial charge in [0.1, 0.15) is 5.75 Å². The van der Waals surface area contributed by atoms with Crippen molar-refractivity contribution < 1.29 is 4.74 Å². The van der Waals surface area contributed by atoms with E-state index >= 15 is 0 Å². The third-order valence-electron chi connectivity index (χ3n) is 2.93. The number of rotatable bonds is 2. The molecule has 3 nitrogen and oxygen atoms in total. The van der Waals surface area contributed by atoms with Crippen LogP contribution in [0.2, 0.25) is 0 Å². The molecule has 0 spiro atoms. The maximum atomic E-state index is 5.67. The molecule has 0 atom stereocenters. The number of benzene rings is 1. The van der Waals surface area contributed by atoms with Crippen molar-refractivity contribution in [3.05, 3.63) is 29.0 Å². The van der Waals surface area contributed by atoms with Crippen molar-refractivity contribution >= 4 is 10.9 Å². The summed E-state index contributed by atoms with van der Waals surface area (Å²) in [6.45, 7) is 4.68. The van der Waals surface area contributed by atoms with E-state index in [2.05, 4.69) is 31.0 Å². The number of hydrogen-bond acceptors (Lipinski definition) is 2. The summed E-state index contributed by atoms with van der Waals surface area (Å²) in [7, 11) is 1.68. The molecule has 0 unspecified atom stereocenters. The molecule has 15 heavy (non-hydrogen) atoms. The molecule has 2 rings (SSSR count). The summed E-state index contributed by atoms with van der Waals surface area (Å²) in [5.41, 5.74) is 10.3. The number of aromatic amines is 1. The number of nitrogens with two attached hydrogens (primary N) is 1. The van der Waals surface area contributed by atoms with Gasteiger partial charge in [0.05, 0.1) is 7.11 Å². The van der Waals surface area contributed by atoms with Crippen molar-refractivity contribution in [2.75, 3.05) is 7.11 Å². The van der Waals surface area contributed by atoms with E-state index in [1.54, 1.807) is 7.11 Å². The van der Waals surface area contributed by atoms with Gasteiger partial charge in [0.2, 0.25) is 0 Å². The average molecular weight is 204 g/mol. The highest BCUT2D eigenvalue weighted by Gasteiger charge is 2.09. The lowest BCUT2D eigenvalue weighted by Crippen LogP contribution is -1.99. The second kappa shape index (κ2) is 3.59. The van der Waals surface area contributed by atoms with Gasteiger partial charge in [-0.2, -0.15) is 0 Å². The molecule has 2 aromatic rings. The van der Waals surface area contributed by atoms with Gasteiger partial charge in [0.15, 0.2) is 0 Å². The zero-order valence-electron chi connectivity index (χ0n) is 9.35. The van der Waals surface area contributed by atoms with E-state index in [1.807, 2.05) is 0 Å². The van der Waals surface area contributed by atoms with Crippen molar-refractivity contribution in [3.8, 4) is 5.75 Å². The molecule has 1 aromatic heterocycles. The molecule has 3 heteroatoms. The number of fused-ring (bicyclic) bond motifs is 1. The number of hydrogen-bond donors (Lipinski definition) is 2. The molecule has 0 aliphatic carbocycles. The molecule has 0 bridgehead atoms. The van der Waals surface area contributed by atoms with Gasteiger partial charge in [-0.3, -0.25) is 0 Å². The van der Waals surface area contributed by atoms with Gasteiger partial charge in [0, 0.05) is 28.7 Å². The van der Waals surface area contributed by atoms with Gasteiger partial charge < -0.3 is 15.5 Å². The van der Waals surface area contributed by atoms with Crippen LogP contribution < -0.4 is 10.5 Å². The van der Waals surface area contributed by atoms with Gasteiger partial charge in [-0.05, 0) is 31.5 Å². The van der Waals surface area contributed by atoms with E-state index in [9.17, 15) is 0 Å². The molecule has 3 N–H and O–H groups in total. The Morgan fingerprint density at radius 1 is 1.33 bits per heavy atom. The van der Waals surface area contributed by atoms with E-state index in [-0.39, 0.29) is 0 Å². The third-order valence-corrected chi connectivity index (χ3v) is 2.93. The Morgan fingerprint density at radius 3 is 2.67 bits per heavy atom. The molecule has 0 aliphatic rings. The molecule has 1 heterocycles. The van der Waals surface area contributed by atoms with Gasteiger partial charge >= 0.3 is 0 Å². The minimum atomic E-state index is 0.496. The molecular weight excluding hydrogens is 188 g/mol. The monoisotopic (exact) mass is 204 g/mol. The van der Waals surface area contributed by atoms with Crippen molar-refractivity contribution in [1.29, 1.82) is 0 Å². The summed E-state index contributed by atoms with van der Waals surface area (Å²) >= 11 is 0. The summed E-state index contributed by atoms with van der Waals surface area (Å²) < 4.78 is 5.31. The van der Waals surface area contributed by atoms with Crippen molar-refractivity contribution in [3.63, 3.8) is 0 Å². The number of aryl methyl sites for hydroxylation is 2. The molecule has 0 fully saturated rings. The van der Waals surface area contributed by atoms with Crippen molar-refractivity contribution in [2.24, 2.45) is 5.73 Å². The molecule has 80 valence electrons. The molecule has 0 radical (unpaired) electrons. The van der Waals surface area contributed by atoms with Crippen LogP contribution in [0.15, 0.2) is 12.1 Å². The fourth-order valence-electron chi connectivity index (χ4n) is 1.89.